The third-order valence-electron chi connectivity index (χ3n) is 3.27. The van der Waals surface area contributed by atoms with Crippen LogP contribution < -0.4 is 9.62 Å². The van der Waals surface area contributed by atoms with E-state index in [0.717, 1.165) is 11.3 Å². The molecule has 0 unspecified atom stereocenters. The molecule has 7 heteroatoms. The molecule has 20 heavy (non-hydrogen) atoms. The van der Waals surface area contributed by atoms with Crippen molar-refractivity contribution >= 4 is 21.6 Å². The topological polar surface area (TPSA) is 86.7 Å². The van der Waals surface area contributed by atoms with Crippen molar-refractivity contribution in [3.8, 4) is 0 Å². The molecule has 0 radical (unpaired) electrons. The Labute approximate surface area is 118 Å². The Morgan fingerprint density at radius 1 is 1.50 bits per heavy atom. The van der Waals surface area contributed by atoms with E-state index < -0.39 is 16.1 Å². The molecule has 1 heterocycles. The highest BCUT2D eigenvalue weighted by Crippen LogP contribution is 2.30. The van der Waals surface area contributed by atoms with E-state index in [9.17, 15) is 13.2 Å². The highest BCUT2D eigenvalue weighted by molar-refractivity contribution is 7.89. The molecule has 0 aliphatic carbocycles. The minimum Gasteiger partial charge on any atom is -0.395 e. The van der Waals surface area contributed by atoms with E-state index in [0.29, 0.717) is 13.0 Å². The molecule has 1 aliphatic rings. The molecule has 0 fully saturated rings. The molecule has 0 saturated carbocycles. The minimum atomic E-state index is -3.64. The van der Waals surface area contributed by atoms with Crippen molar-refractivity contribution in [1.82, 2.24) is 4.72 Å². The number of nitrogens with zero attached hydrogens (tertiary/aromatic N) is 1. The second kappa shape index (κ2) is 5.51. The number of carbonyl (C=O) groups is 1. The van der Waals surface area contributed by atoms with Gasteiger partial charge in [0.1, 0.15) is 0 Å². The van der Waals surface area contributed by atoms with Crippen molar-refractivity contribution in [2.45, 2.75) is 31.2 Å². The SMILES string of the molecule is CC(=O)N1CCc2cc(S(=O)(=O)N[C@@H](C)CO)ccc21. The quantitative estimate of drug-likeness (QED) is 0.834. The van der Waals surface area contributed by atoms with Crippen LogP contribution in [0.2, 0.25) is 0 Å². The molecule has 6 nitrogen and oxygen atoms in total. The summed E-state index contributed by atoms with van der Waals surface area (Å²) >= 11 is 0. The van der Waals surface area contributed by atoms with Crippen molar-refractivity contribution in [1.29, 1.82) is 0 Å². The van der Waals surface area contributed by atoms with Gasteiger partial charge in [0.2, 0.25) is 15.9 Å². The van der Waals surface area contributed by atoms with Gasteiger partial charge in [-0.25, -0.2) is 13.1 Å². The predicted octanol–water partition coefficient (Wildman–Crippen LogP) is 0.255. The number of hydrogen-bond acceptors (Lipinski definition) is 4. The Morgan fingerprint density at radius 2 is 2.20 bits per heavy atom. The molecule has 1 aromatic rings. The van der Waals surface area contributed by atoms with Gasteiger partial charge in [-0.1, -0.05) is 0 Å². The summed E-state index contributed by atoms with van der Waals surface area (Å²) < 4.78 is 26.6. The Morgan fingerprint density at radius 3 is 2.80 bits per heavy atom. The zero-order valence-corrected chi connectivity index (χ0v) is 12.3. The average molecular weight is 298 g/mol. The number of sulfonamides is 1. The van der Waals surface area contributed by atoms with Gasteiger partial charge in [-0.2, -0.15) is 0 Å². The number of fused-ring (bicyclic) bond motifs is 1. The number of carbonyl (C=O) groups excluding carboxylic acids is 1. The first kappa shape index (κ1) is 15.0. The molecule has 1 aromatic carbocycles. The van der Waals surface area contributed by atoms with Crippen molar-refractivity contribution in [3.63, 3.8) is 0 Å². The van der Waals surface area contributed by atoms with E-state index in [2.05, 4.69) is 4.72 Å². The summed E-state index contributed by atoms with van der Waals surface area (Å²) in [6.07, 6.45) is 0.647. The molecule has 1 amide bonds. The first-order valence-electron chi connectivity index (χ1n) is 6.39. The third-order valence-corrected chi connectivity index (χ3v) is 4.85. The Balaban J connectivity index is 2.31. The van der Waals surface area contributed by atoms with Gasteiger partial charge in [-0.15, -0.1) is 0 Å². The molecule has 0 spiro atoms. The van der Waals surface area contributed by atoms with Crippen LogP contribution in [0.5, 0.6) is 0 Å². The van der Waals surface area contributed by atoms with Crippen LogP contribution in [0.25, 0.3) is 0 Å². The summed E-state index contributed by atoms with van der Waals surface area (Å²) in [5, 5.41) is 8.92. The van der Waals surface area contributed by atoms with Crippen LogP contribution in [0.4, 0.5) is 5.69 Å². The van der Waals surface area contributed by atoms with Gasteiger partial charge < -0.3 is 10.0 Å². The summed E-state index contributed by atoms with van der Waals surface area (Å²) in [5.74, 6) is -0.0496. The predicted molar refractivity (Wildman–Crippen MR) is 75.0 cm³/mol. The summed E-state index contributed by atoms with van der Waals surface area (Å²) in [7, 11) is -3.64. The summed E-state index contributed by atoms with van der Waals surface area (Å²) in [5.41, 5.74) is 1.62. The van der Waals surface area contributed by atoms with E-state index in [1.165, 1.54) is 13.0 Å². The lowest BCUT2D eigenvalue weighted by Crippen LogP contribution is -2.35. The van der Waals surface area contributed by atoms with E-state index >= 15 is 0 Å². The summed E-state index contributed by atoms with van der Waals surface area (Å²) in [4.78, 5) is 13.2. The number of amides is 1. The smallest absolute Gasteiger partial charge is 0.240 e. The molecule has 1 aliphatic heterocycles. The maximum atomic E-state index is 12.1. The van der Waals surface area contributed by atoms with Crippen LogP contribution in [0, 0.1) is 0 Å². The first-order chi connectivity index (χ1) is 9.35. The molecule has 0 bridgehead atoms. The van der Waals surface area contributed by atoms with Crippen LogP contribution in [0.3, 0.4) is 0 Å². The average Bonchev–Trinajstić information content (AvgIpc) is 2.80. The molecule has 2 rings (SSSR count). The molecule has 0 saturated heterocycles. The Bertz CT molecular complexity index is 627. The van der Waals surface area contributed by atoms with Crippen LogP contribution in [-0.4, -0.2) is 38.6 Å². The fraction of sp³-hybridized carbons (Fsp3) is 0.462. The molecular weight excluding hydrogens is 280 g/mol. The van der Waals surface area contributed by atoms with E-state index in [-0.39, 0.29) is 17.4 Å². The Kier molecular flexibility index (Phi) is 4.12. The number of aliphatic hydroxyl groups excluding tert-OH is 1. The van der Waals surface area contributed by atoms with Gasteiger partial charge in [0.25, 0.3) is 0 Å². The van der Waals surface area contributed by atoms with Gasteiger partial charge >= 0.3 is 0 Å². The largest absolute Gasteiger partial charge is 0.395 e. The normalized spacial score (nSPS) is 16.1. The highest BCUT2D eigenvalue weighted by atomic mass is 32.2. The lowest BCUT2D eigenvalue weighted by Gasteiger charge is -2.15. The van der Waals surface area contributed by atoms with Crippen molar-refractivity contribution in [2.75, 3.05) is 18.1 Å². The lowest BCUT2D eigenvalue weighted by atomic mass is 10.2. The maximum Gasteiger partial charge on any atom is 0.240 e. The van der Waals surface area contributed by atoms with Crippen molar-refractivity contribution in [2.24, 2.45) is 0 Å². The fourth-order valence-corrected chi connectivity index (χ4v) is 3.53. The summed E-state index contributed by atoms with van der Waals surface area (Å²) in [6, 6.07) is 4.18. The third kappa shape index (κ3) is 2.84. The van der Waals surface area contributed by atoms with Gasteiger partial charge in [0, 0.05) is 25.2 Å². The van der Waals surface area contributed by atoms with Gasteiger partial charge in [-0.05, 0) is 37.1 Å². The number of aliphatic hydroxyl groups is 1. The highest BCUT2D eigenvalue weighted by Gasteiger charge is 2.25. The molecular formula is C13H18N2O4S. The number of rotatable bonds is 4. The van der Waals surface area contributed by atoms with Gasteiger partial charge in [-0.3, -0.25) is 4.79 Å². The lowest BCUT2D eigenvalue weighted by molar-refractivity contribution is -0.116. The molecule has 110 valence electrons. The zero-order chi connectivity index (χ0) is 14.9. The maximum absolute atomic E-state index is 12.1. The second-order valence-corrected chi connectivity index (χ2v) is 6.63. The molecule has 1 atom stereocenters. The van der Waals surface area contributed by atoms with Crippen LogP contribution in [0.1, 0.15) is 19.4 Å². The van der Waals surface area contributed by atoms with Crippen molar-refractivity contribution in [3.05, 3.63) is 23.8 Å². The van der Waals surface area contributed by atoms with E-state index in [4.69, 9.17) is 5.11 Å². The number of nitrogens with one attached hydrogen (secondary N) is 1. The number of anilines is 1. The molecule has 2 N–H and O–H groups in total. The monoisotopic (exact) mass is 298 g/mol. The first-order valence-corrected chi connectivity index (χ1v) is 7.87. The fourth-order valence-electron chi connectivity index (χ4n) is 2.24. The minimum absolute atomic E-state index is 0.0496. The van der Waals surface area contributed by atoms with Crippen LogP contribution >= 0.6 is 0 Å². The van der Waals surface area contributed by atoms with Crippen LogP contribution in [-0.2, 0) is 21.2 Å². The zero-order valence-electron chi connectivity index (χ0n) is 11.5. The summed E-state index contributed by atoms with van der Waals surface area (Å²) in [6.45, 7) is 3.39. The van der Waals surface area contributed by atoms with E-state index in [1.807, 2.05) is 0 Å². The van der Waals surface area contributed by atoms with Gasteiger partial charge in [0.05, 0.1) is 11.5 Å². The standard InChI is InChI=1S/C13H18N2O4S/c1-9(8-16)14-20(18,19)12-3-4-13-11(7-12)5-6-15(13)10(2)17/h3-4,7,9,14,16H,5-6,8H2,1-2H3/t9-/m0/s1. The van der Waals surface area contributed by atoms with Crippen molar-refractivity contribution < 1.29 is 18.3 Å². The van der Waals surface area contributed by atoms with Crippen LogP contribution in [0.15, 0.2) is 23.1 Å². The molecule has 0 aromatic heterocycles. The number of hydrogen-bond donors (Lipinski definition) is 2. The van der Waals surface area contributed by atoms with E-state index in [1.54, 1.807) is 24.0 Å². The second-order valence-electron chi connectivity index (χ2n) is 4.92. The number of benzene rings is 1. The Hall–Kier alpha value is -1.44. The van der Waals surface area contributed by atoms with Gasteiger partial charge in [0.15, 0.2) is 0 Å².